The van der Waals surface area contributed by atoms with E-state index in [0.717, 1.165) is 22.8 Å². The van der Waals surface area contributed by atoms with Gasteiger partial charge in [0, 0.05) is 11.1 Å². The van der Waals surface area contributed by atoms with Gasteiger partial charge in [-0.3, -0.25) is 20.4 Å². The van der Waals surface area contributed by atoms with E-state index in [1.54, 1.807) is 30.3 Å². The van der Waals surface area contributed by atoms with E-state index in [0.29, 0.717) is 39.9 Å². The second-order valence-electron chi connectivity index (χ2n) is 13.0. The number of anilines is 2. The zero-order valence-corrected chi connectivity index (χ0v) is 29.9. The van der Waals surface area contributed by atoms with Crippen molar-refractivity contribution in [3.63, 3.8) is 0 Å². The van der Waals surface area contributed by atoms with Crippen LogP contribution in [0.4, 0.5) is 11.4 Å². The SMILES string of the molecule is CC(C)(c1ccc(Oc2ccc(NOCc3ccc(O)cc3COO)cc2)cc1)c1ccc(Oc2ccc(NC(=O)c3ccc(O)cc3C(=O)O)cc2)cc1. The number of aromatic hydroxyl groups is 2. The lowest BCUT2D eigenvalue weighted by atomic mass is 9.78. The van der Waals surface area contributed by atoms with Crippen LogP contribution in [-0.2, 0) is 28.4 Å². The highest BCUT2D eigenvalue weighted by Gasteiger charge is 2.23. The molecule has 0 saturated heterocycles. The number of carboxylic acid groups (broad SMARTS) is 1. The molecule has 0 aliphatic rings. The van der Waals surface area contributed by atoms with Crippen LogP contribution in [0.1, 0.15) is 56.8 Å². The van der Waals surface area contributed by atoms with Crippen molar-refractivity contribution in [2.45, 2.75) is 32.5 Å². The number of phenols is 2. The Morgan fingerprint density at radius 1 is 0.582 bits per heavy atom. The van der Waals surface area contributed by atoms with Gasteiger partial charge in [0.2, 0.25) is 0 Å². The highest BCUT2D eigenvalue weighted by atomic mass is 17.1. The largest absolute Gasteiger partial charge is 0.508 e. The van der Waals surface area contributed by atoms with Crippen molar-refractivity contribution in [2.75, 3.05) is 10.8 Å². The van der Waals surface area contributed by atoms with E-state index in [9.17, 15) is 24.9 Å². The third-order valence-corrected chi connectivity index (χ3v) is 8.90. The molecule has 0 aliphatic heterocycles. The minimum absolute atomic E-state index is 0.0690. The molecule has 12 heteroatoms. The Morgan fingerprint density at radius 3 is 1.60 bits per heavy atom. The van der Waals surface area contributed by atoms with E-state index in [1.807, 2.05) is 72.8 Å². The topological polar surface area (TPSA) is 176 Å². The molecule has 0 bridgehead atoms. The quantitative estimate of drug-likeness (QED) is 0.0436. The zero-order chi connectivity index (χ0) is 39.0. The molecule has 0 saturated carbocycles. The highest BCUT2D eigenvalue weighted by Crippen LogP contribution is 2.35. The third kappa shape index (κ3) is 9.58. The normalized spacial score (nSPS) is 11.1. The van der Waals surface area contributed by atoms with Gasteiger partial charge in [-0.15, -0.1) is 0 Å². The van der Waals surface area contributed by atoms with Crippen molar-refractivity contribution in [1.82, 2.24) is 0 Å². The van der Waals surface area contributed by atoms with Crippen molar-refractivity contribution in [3.8, 4) is 34.5 Å². The van der Waals surface area contributed by atoms with E-state index in [-0.39, 0.29) is 41.3 Å². The minimum atomic E-state index is -1.32. The molecular formula is C43H38N2O10. The van der Waals surface area contributed by atoms with E-state index in [4.69, 9.17) is 19.6 Å². The summed E-state index contributed by atoms with van der Waals surface area (Å²) in [7, 11) is 0. The van der Waals surface area contributed by atoms with Gasteiger partial charge in [-0.1, -0.05) is 44.2 Å². The fourth-order valence-corrected chi connectivity index (χ4v) is 5.78. The number of carbonyl (C=O) groups excluding carboxylic acids is 1. The van der Waals surface area contributed by atoms with Gasteiger partial charge in [0.15, 0.2) is 0 Å². The molecule has 6 rings (SSSR count). The number of benzene rings is 6. The Hall–Kier alpha value is -6.86. The Morgan fingerprint density at radius 2 is 1.07 bits per heavy atom. The van der Waals surface area contributed by atoms with Crippen molar-refractivity contribution in [1.29, 1.82) is 0 Å². The number of carbonyl (C=O) groups is 2. The number of rotatable bonds is 15. The van der Waals surface area contributed by atoms with Gasteiger partial charge in [-0.05, 0) is 125 Å². The molecule has 0 aliphatic carbocycles. The van der Waals surface area contributed by atoms with Gasteiger partial charge in [-0.25, -0.2) is 9.68 Å². The molecule has 12 nitrogen and oxygen atoms in total. The maximum Gasteiger partial charge on any atom is 0.336 e. The predicted octanol–water partition coefficient (Wildman–Crippen LogP) is 9.49. The summed E-state index contributed by atoms with van der Waals surface area (Å²) in [5.41, 5.74) is 6.86. The second kappa shape index (κ2) is 16.9. The number of ether oxygens (including phenoxy) is 2. The van der Waals surface area contributed by atoms with Crippen LogP contribution in [0.25, 0.3) is 0 Å². The number of aromatic carboxylic acids is 1. The van der Waals surface area contributed by atoms with Gasteiger partial charge < -0.3 is 30.1 Å². The number of phenolic OH excluding ortho intramolecular Hbond substituents is 2. The Balaban J connectivity index is 1.00. The number of nitrogens with one attached hydrogen (secondary N) is 2. The van der Waals surface area contributed by atoms with Crippen molar-refractivity contribution in [2.24, 2.45) is 0 Å². The number of hydrogen-bond acceptors (Lipinski definition) is 10. The van der Waals surface area contributed by atoms with Gasteiger partial charge in [-0.2, -0.15) is 0 Å². The fraction of sp³-hybridized carbons (Fsp3) is 0.116. The van der Waals surface area contributed by atoms with Crippen molar-refractivity contribution >= 4 is 23.3 Å². The van der Waals surface area contributed by atoms with E-state index < -0.39 is 11.9 Å². The first-order valence-electron chi connectivity index (χ1n) is 17.1. The standard InChI is InChI=1S/C43H38N2O10/c1-43(2,29-4-14-35(15-5-29)54-37-18-8-31(9-19-37)44-41(48)39-22-13-34(47)24-40(39)42(49)50)30-6-16-36(17-7-30)55-38-20-10-32(11-21-38)45-52-25-27-3-12-33(46)23-28(27)26-53-51/h3-24,45-47,51H,25-26H2,1-2H3,(H,44,48)(H,49,50). The van der Waals surface area contributed by atoms with Crippen LogP contribution >= 0.6 is 0 Å². The Kier molecular flexibility index (Phi) is 11.6. The summed E-state index contributed by atoms with van der Waals surface area (Å²) in [6.07, 6.45) is 0. The molecule has 0 heterocycles. The maximum atomic E-state index is 12.7. The van der Waals surface area contributed by atoms with E-state index >= 15 is 0 Å². The molecule has 1 amide bonds. The molecule has 0 aromatic heterocycles. The Bertz CT molecular complexity index is 2260. The number of amides is 1. The van der Waals surface area contributed by atoms with Crippen LogP contribution in [0.3, 0.4) is 0 Å². The van der Waals surface area contributed by atoms with E-state index in [2.05, 4.69) is 29.5 Å². The third-order valence-electron chi connectivity index (χ3n) is 8.90. The van der Waals surface area contributed by atoms with Crippen LogP contribution in [0.5, 0.6) is 34.5 Å². The summed E-state index contributed by atoms with van der Waals surface area (Å²) < 4.78 is 12.1. The first kappa shape index (κ1) is 37.9. The van der Waals surface area contributed by atoms with Crippen molar-refractivity contribution < 1.29 is 49.4 Å². The predicted molar refractivity (Wildman–Crippen MR) is 205 cm³/mol. The van der Waals surface area contributed by atoms with Crippen LogP contribution in [0.2, 0.25) is 0 Å². The second-order valence-corrected chi connectivity index (χ2v) is 13.0. The molecule has 0 atom stereocenters. The fourth-order valence-electron chi connectivity index (χ4n) is 5.78. The van der Waals surface area contributed by atoms with Gasteiger partial charge in [0.25, 0.3) is 5.91 Å². The lowest BCUT2D eigenvalue weighted by Crippen LogP contribution is -2.18. The average molecular weight is 743 g/mol. The van der Waals surface area contributed by atoms with Crippen LogP contribution in [-0.4, -0.2) is 32.5 Å². The van der Waals surface area contributed by atoms with Crippen LogP contribution < -0.4 is 20.3 Å². The molecule has 6 N–H and O–H groups in total. The molecule has 6 aromatic carbocycles. The molecule has 280 valence electrons. The summed E-state index contributed by atoms with van der Waals surface area (Å²) in [6.45, 7) is 4.39. The summed E-state index contributed by atoms with van der Waals surface area (Å²) in [6, 6.07) is 38.0. The zero-order valence-electron chi connectivity index (χ0n) is 29.9. The molecular weight excluding hydrogens is 704 g/mol. The summed E-state index contributed by atoms with van der Waals surface area (Å²) in [5.74, 6) is 0.394. The number of hydrogen-bond donors (Lipinski definition) is 6. The molecule has 55 heavy (non-hydrogen) atoms. The molecule has 0 unspecified atom stereocenters. The maximum absolute atomic E-state index is 12.7. The van der Waals surface area contributed by atoms with Gasteiger partial charge in [0.05, 0.1) is 23.4 Å². The molecule has 0 fully saturated rings. The van der Waals surface area contributed by atoms with Gasteiger partial charge >= 0.3 is 5.97 Å². The van der Waals surface area contributed by atoms with Gasteiger partial charge in [0.1, 0.15) is 41.1 Å². The summed E-state index contributed by atoms with van der Waals surface area (Å²) >= 11 is 0. The first-order valence-corrected chi connectivity index (χ1v) is 17.1. The van der Waals surface area contributed by atoms with E-state index in [1.165, 1.54) is 24.3 Å². The molecule has 0 radical (unpaired) electrons. The van der Waals surface area contributed by atoms with Crippen LogP contribution in [0.15, 0.2) is 133 Å². The molecule has 0 spiro atoms. The summed E-state index contributed by atoms with van der Waals surface area (Å²) in [5, 5.41) is 40.1. The smallest absolute Gasteiger partial charge is 0.336 e. The average Bonchev–Trinajstić information content (AvgIpc) is 3.17. The van der Waals surface area contributed by atoms with Crippen LogP contribution in [0, 0.1) is 0 Å². The monoisotopic (exact) mass is 742 g/mol. The molecule has 6 aromatic rings. The highest BCUT2D eigenvalue weighted by molar-refractivity contribution is 6.10. The van der Waals surface area contributed by atoms with Crippen molar-refractivity contribution in [3.05, 3.63) is 167 Å². The lowest BCUT2D eigenvalue weighted by Gasteiger charge is -2.26. The first-order chi connectivity index (χ1) is 26.5. The Labute approximate surface area is 316 Å². The number of carboxylic acids is 1. The minimum Gasteiger partial charge on any atom is -0.508 e. The lowest BCUT2D eigenvalue weighted by molar-refractivity contribution is -0.253. The summed E-state index contributed by atoms with van der Waals surface area (Å²) in [4.78, 5) is 34.0.